The van der Waals surface area contributed by atoms with Gasteiger partial charge in [-0.3, -0.25) is 11.3 Å². The molecule has 0 saturated carbocycles. The Morgan fingerprint density at radius 2 is 2.00 bits per heavy atom. The molecule has 0 aromatic rings. The standard InChI is InChI=1S/C9H19F3N2O/c1-2-15-7-3-4-8(14-13)5-6-9(10,11)12/h8,14H,2-7,13H2,1H3. The van der Waals surface area contributed by atoms with E-state index in [9.17, 15) is 13.2 Å². The second-order valence-electron chi connectivity index (χ2n) is 3.36. The van der Waals surface area contributed by atoms with Crippen molar-refractivity contribution in [1.29, 1.82) is 0 Å². The number of nitrogens with two attached hydrogens (primary N) is 1. The van der Waals surface area contributed by atoms with Gasteiger partial charge in [0.15, 0.2) is 0 Å². The molecule has 3 nitrogen and oxygen atoms in total. The van der Waals surface area contributed by atoms with Gasteiger partial charge in [0, 0.05) is 25.7 Å². The van der Waals surface area contributed by atoms with Crippen molar-refractivity contribution in [2.45, 2.75) is 44.8 Å². The molecular formula is C9H19F3N2O. The van der Waals surface area contributed by atoms with Crippen LogP contribution in [0.3, 0.4) is 0 Å². The third-order valence-corrected chi connectivity index (χ3v) is 2.06. The van der Waals surface area contributed by atoms with Crippen LogP contribution in [0.1, 0.15) is 32.6 Å². The molecule has 1 atom stereocenters. The van der Waals surface area contributed by atoms with Crippen LogP contribution < -0.4 is 11.3 Å². The normalized spacial score (nSPS) is 14.2. The molecule has 0 bridgehead atoms. The zero-order valence-corrected chi connectivity index (χ0v) is 8.94. The fourth-order valence-corrected chi connectivity index (χ4v) is 1.23. The highest BCUT2D eigenvalue weighted by Gasteiger charge is 2.27. The Labute approximate surface area is 88.1 Å². The lowest BCUT2D eigenvalue weighted by molar-refractivity contribution is -0.136. The van der Waals surface area contributed by atoms with Crippen LogP contribution in [0, 0.1) is 0 Å². The highest BCUT2D eigenvalue weighted by molar-refractivity contribution is 4.66. The minimum atomic E-state index is -4.10. The largest absolute Gasteiger partial charge is 0.389 e. The molecule has 0 amide bonds. The molecular weight excluding hydrogens is 209 g/mol. The van der Waals surface area contributed by atoms with E-state index in [-0.39, 0.29) is 12.5 Å². The van der Waals surface area contributed by atoms with E-state index in [1.165, 1.54) is 0 Å². The highest BCUT2D eigenvalue weighted by Crippen LogP contribution is 2.22. The average molecular weight is 228 g/mol. The van der Waals surface area contributed by atoms with E-state index >= 15 is 0 Å². The molecule has 0 spiro atoms. The summed E-state index contributed by atoms with van der Waals surface area (Å²) in [4.78, 5) is 0. The van der Waals surface area contributed by atoms with Gasteiger partial charge in [-0.15, -0.1) is 0 Å². The molecule has 0 radical (unpaired) electrons. The Hall–Kier alpha value is -0.330. The third-order valence-electron chi connectivity index (χ3n) is 2.06. The van der Waals surface area contributed by atoms with Crippen LogP contribution in [0.2, 0.25) is 0 Å². The SMILES string of the molecule is CCOCCCC(CCC(F)(F)F)NN. The lowest BCUT2D eigenvalue weighted by Crippen LogP contribution is -2.36. The monoisotopic (exact) mass is 228 g/mol. The van der Waals surface area contributed by atoms with E-state index in [0.717, 1.165) is 6.42 Å². The fraction of sp³-hybridized carbons (Fsp3) is 1.00. The molecule has 0 rings (SSSR count). The summed E-state index contributed by atoms with van der Waals surface area (Å²) in [6.45, 7) is 3.08. The quantitative estimate of drug-likeness (QED) is 0.379. The second kappa shape index (κ2) is 7.90. The Morgan fingerprint density at radius 1 is 1.33 bits per heavy atom. The Balaban J connectivity index is 3.55. The van der Waals surface area contributed by atoms with Crippen LogP contribution in [-0.2, 0) is 4.74 Å². The minimum Gasteiger partial charge on any atom is -0.382 e. The van der Waals surface area contributed by atoms with Gasteiger partial charge in [-0.1, -0.05) is 0 Å². The maximum absolute atomic E-state index is 11.9. The van der Waals surface area contributed by atoms with Crippen molar-refractivity contribution in [3.63, 3.8) is 0 Å². The number of alkyl halides is 3. The van der Waals surface area contributed by atoms with E-state index in [1.807, 2.05) is 6.92 Å². The number of nitrogens with one attached hydrogen (secondary N) is 1. The summed E-state index contributed by atoms with van der Waals surface area (Å²) >= 11 is 0. The van der Waals surface area contributed by atoms with Crippen molar-refractivity contribution in [2.24, 2.45) is 5.84 Å². The first-order valence-corrected chi connectivity index (χ1v) is 5.10. The zero-order chi connectivity index (χ0) is 11.7. The molecule has 92 valence electrons. The van der Waals surface area contributed by atoms with E-state index in [2.05, 4.69) is 5.43 Å². The Morgan fingerprint density at radius 3 is 2.47 bits per heavy atom. The lowest BCUT2D eigenvalue weighted by Gasteiger charge is -2.16. The predicted molar refractivity (Wildman–Crippen MR) is 52.1 cm³/mol. The van der Waals surface area contributed by atoms with E-state index in [0.29, 0.717) is 19.6 Å². The van der Waals surface area contributed by atoms with E-state index in [1.54, 1.807) is 0 Å². The molecule has 1 unspecified atom stereocenters. The van der Waals surface area contributed by atoms with Crippen molar-refractivity contribution in [3.8, 4) is 0 Å². The first kappa shape index (κ1) is 14.7. The molecule has 15 heavy (non-hydrogen) atoms. The van der Waals surface area contributed by atoms with E-state index < -0.39 is 12.6 Å². The van der Waals surface area contributed by atoms with Gasteiger partial charge in [-0.25, -0.2) is 0 Å². The van der Waals surface area contributed by atoms with Crippen molar-refractivity contribution in [3.05, 3.63) is 0 Å². The van der Waals surface area contributed by atoms with Crippen LogP contribution in [0.15, 0.2) is 0 Å². The van der Waals surface area contributed by atoms with Gasteiger partial charge in [0.1, 0.15) is 0 Å². The van der Waals surface area contributed by atoms with Crippen LogP contribution in [0.4, 0.5) is 13.2 Å². The number of ether oxygens (including phenoxy) is 1. The number of hydrogen-bond donors (Lipinski definition) is 2. The number of rotatable bonds is 8. The molecule has 0 aliphatic carbocycles. The summed E-state index contributed by atoms with van der Waals surface area (Å²) in [6, 6.07) is -0.285. The fourth-order valence-electron chi connectivity index (χ4n) is 1.23. The predicted octanol–water partition coefficient (Wildman–Crippen LogP) is 1.98. The van der Waals surface area contributed by atoms with Gasteiger partial charge >= 0.3 is 6.18 Å². The average Bonchev–Trinajstić information content (AvgIpc) is 2.15. The molecule has 0 aliphatic heterocycles. The summed E-state index contributed by atoms with van der Waals surface area (Å²) in [5, 5.41) is 0. The Bertz CT molecular complexity index is 153. The Kier molecular flexibility index (Phi) is 7.72. The third kappa shape index (κ3) is 9.96. The van der Waals surface area contributed by atoms with Gasteiger partial charge in [-0.2, -0.15) is 13.2 Å². The summed E-state index contributed by atoms with van der Waals surface area (Å²) in [5.74, 6) is 5.16. The molecule has 0 fully saturated rings. The minimum absolute atomic E-state index is 0.0200. The number of hydrazine groups is 1. The molecule has 0 aromatic carbocycles. The zero-order valence-electron chi connectivity index (χ0n) is 8.94. The highest BCUT2D eigenvalue weighted by atomic mass is 19.4. The van der Waals surface area contributed by atoms with Gasteiger partial charge in [-0.05, 0) is 26.2 Å². The van der Waals surface area contributed by atoms with Crippen LogP contribution in [0.5, 0.6) is 0 Å². The summed E-state index contributed by atoms with van der Waals surface area (Å²) in [6.07, 6.45) is -3.55. The second-order valence-corrected chi connectivity index (χ2v) is 3.36. The van der Waals surface area contributed by atoms with Crippen molar-refractivity contribution >= 4 is 0 Å². The molecule has 3 N–H and O–H groups in total. The van der Waals surface area contributed by atoms with Crippen molar-refractivity contribution in [1.82, 2.24) is 5.43 Å². The number of hydrogen-bond acceptors (Lipinski definition) is 3. The van der Waals surface area contributed by atoms with Crippen LogP contribution in [0.25, 0.3) is 0 Å². The topological polar surface area (TPSA) is 47.3 Å². The summed E-state index contributed by atoms with van der Waals surface area (Å²) < 4.78 is 40.8. The molecule has 0 aliphatic rings. The molecule has 0 heterocycles. The molecule has 0 saturated heterocycles. The first-order valence-electron chi connectivity index (χ1n) is 5.10. The molecule has 6 heteroatoms. The van der Waals surface area contributed by atoms with Gasteiger partial charge in [0.05, 0.1) is 0 Å². The van der Waals surface area contributed by atoms with Crippen molar-refractivity contribution in [2.75, 3.05) is 13.2 Å². The smallest absolute Gasteiger partial charge is 0.382 e. The lowest BCUT2D eigenvalue weighted by atomic mass is 10.1. The van der Waals surface area contributed by atoms with Gasteiger partial charge in [0.2, 0.25) is 0 Å². The summed E-state index contributed by atoms with van der Waals surface area (Å²) in [7, 11) is 0. The van der Waals surface area contributed by atoms with Crippen LogP contribution in [-0.4, -0.2) is 25.4 Å². The maximum Gasteiger partial charge on any atom is 0.389 e. The maximum atomic E-state index is 11.9. The number of halogens is 3. The first-order chi connectivity index (χ1) is 6.99. The van der Waals surface area contributed by atoms with E-state index in [4.69, 9.17) is 10.6 Å². The van der Waals surface area contributed by atoms with Crippen molar-refractivity contribution < 1.29 is 17.9 Å². The van der Waals surface area contributed by atoms with Gasteiger partial charge in [0.25, 0.3) is 0 Å². The summed E-state index contributed by atoms with van der Waals surface area (Å²) in [5.41, 5.74) is 2.40. The molecule has 0 aromatic heterocycles. The van der Waals surface area contributed by atoms with Gasteiger partial charge < -0.3 is 4.74 Å². The van der Waals surface area contributed by atoms with Crippen LogP contribution >= 0.6 is 0 Å².